The summed E-state index contributed by atoms with van der Waals surface area (Å²) in [6.07, 6.45) is 5.97. The number of amides is 2. The lowest BCUT2D eigenvalue weighted by Gasteiger charge is -2.30. The zero-order valence-corrected chi connectivity index (χ0v) is 24.9. The van der Waals surface area contributed by atoms with Crippen LogP contribution in [-0.2, 0) is 11.2 Å². The molecule has 1 N–H and O–H groups in total. The Morgan fingerprint density at radius 3 is 2.52 bits per heavy atom. The Morgan fingerprint density at radius 2 is 1.74 bits per heavy atom. The molecule has 0 fully saturated rings. The summed E-state index contributed by atoms with van der Waals surface area (Å²) in [6, 6.07) is 23.1. The van der Waals surface area contributed by atoms with Crippen LogP contribution in [0.15, 0.2) is 72.8 Å². The number of anilines is 1. The maximum Gasteiger partial charge on any atom is 0.254 e. The Labute approximate surface area is 250 Å². The van der Waals surface area contributed by atoms with Crippen LogP contribution in [0, 0.1) is 0 Å². The molecule has 9 heteroatoms. The maximum atomic E-state index is 13.7. The normalized spacial score (nSPS) is 12.6. The van der Waals surface area contributed by atoms with Crippen LogP contribution < -0.4 is 14.8 Å². The molecule has 0 saturated carbocycles. The Hall–Kier alpha value is -4.24. The summed E-state index contributed by atoms with van der Waals surface area (Å²) in [4.78, 5) is 28.5. The van der Waals surface area contributed by atoms with Crippen LogP contribution in [0.4, 0.5) is 5.13 Å². The van der Waals surface area contributed by atoms with Crippen LogP contribution in [0.5, 0.6) is 11.5 Å². The number of fused-ring (bicyclic) bond motifs is 1. The molecule has 2 heterocycles. The van der Waals surface area contributed by atoms with E-state index in [9.17, 15) is 9.59 Å². The summed E-state index contributed by atoms with van der Waals surface area (Å²) >= 11 is 1.28. The molecule has 1 aliphatic heterocycles. The van der Waals surface area contributed by atoms with Gasteiger partial charge in [0.15, 0.2) is 11.5 Å². The van der Waals surface area contributed by atoms with E-state index in [2.05, 4.69) is 22.4 Å². The average molecular weight is 585 g/mol. The van der Waals surface area contributed by atoms with Crippen LogP contribution in [0.3, 0.4) is 0 Å². The third kappa shape index (κ3) is 7.33. The number of nitrogens with zero attached hydrogens (tertiary/aromatic N) is 3. The van der Waals surface area contributed by atoms with E-state index in [-0.39, 0.29) is 37.6 Å². The first-order chi connectivity index (χ1) is 20.5. The number of benzene rings is 3. The van der Waals surface area contributed by atoms with E-state index in [0.717, 1.165) is 24.0 Å². The predicted octanol–water partition coefficient (Wildman–Crippen LogP) is 7.29. The number of ether oxygens (including phenoxy) is 2. The fraction of sp³-hybridized carbons (Fsp3) is 0.333. The molecular formula is C33H36N4O4S. The van der Waals surface area contributed by atoms with Gasteiger partial charge in [-0.2, -0.15) is 0 Å². The van der Waals surface area contributed by atoms with Gasteiger partial charge in [0, 0.05) is 24.1 Å². The van der Waals surface area contributed by atoms with Crippen molar-refractivity contribution in [2.24, 2.45) is 0 Å². The lowest BCUT2D eigenvalue weighted by atomic mass is 10.0. The third-order valence-electron chi connectivity index (χ3n) is 7.40. The summed E-state index contributed by atoms with van der Waals surface area (Å²) in [5, 5.41) is 12.3. The summed E-state index contributed by atoms with van der Waals surface area (Å²) in [5.41, 5.74) is 3.70. The van der Waals surface area contributed by atoms with E-state index >= 15 is 0 Å². The topological polar surface area (TPSA) is 93.7 Å². The second-order valence-corrected chi connectivity index (χ2v) is 11.3. The van der Waals surface area contributed by atoms with Gasteiger partial charge in [0.25, 0.3) is 5.91 Å². The number of unbranched alkanes of at least 4 members (excludes halogenated alkanes) is 3. The molecule has 42 heavy (non-hydrogen) atoms. The van der Waals surface area contributed by atoms with Gasteiger partial charge in [0.1, 0.15) is 5.01 Å². The van der Waals surface area contributed by atoms with Gasteiger partial charge in [0.05, 0.1) is 6.04 Å². The fourth-order valence-corrected chi connectivity index (χ4v) is 5.70. The van der Waals surface area contributed by atoms with Crippen molar-refractivity contribution in [3.8, 4) is 22.1 Å². The molecule has 8 nitrogen and oxygen atoms in total. The smallest absolute Gasteiger partial charge is 0.254 e. The van der Waals surface area contributed by atoms with E-state index in [1.807, 2.05) is 79.7 Å². The van der Waals surface area contributed by atoms with E-state index in [1.54, 1.807) is 4.90 Å². The molecule has 5 rings (SSSR count). The van der Waals surface area contributed by atoms with Crippen molar-refractivity contribution in [2.75, 3.05) is 18.7 Å². The highest BCUT2D eigenvalue weighted by Crippen LogP contribution is 2.37. The first kappa shape index (κ1) is 29.3. The van der Waals surface area contributed by atoms with Gasteiger partial charge in [-0.3, -0.25) is 9.59 Å². The number of aryl methyl sites for hydroxylation is 1. The van der Waals surface area contributed by atoms with Crippen molar-refractivity contribution in [3.05, 3.63) is 89.5 Å². The quantitative estimate of drug-likeness (QED) is 0.166. The van der Waals surface area contributed by atoms with E-state index in [4.69, 9.17) is 9.47 Å². The van der Waals surface area contributed by atoms with E-state index in [1.165, 1.54) is 36.2 Å². The van der Waals surface area contributed by atoms with Gasteiger partial charge in [-0.1, -0.05) is 80.0 Å². The number of carbonyl (C=O) groups is 2. The summed E-state index contributed by atoms with van der Waals surface area (Å²) in [5.74, 6) is 1.02. The second kappa shape index (κ2) is 14.1. The second-order valence-electron chi connectivity index (χ2n) is 10.4. The number of hydrogen-bond acceptors (Lipinski definition) is 7. The summed E-state index contributed by atoms with van der Waals surface area (Å²) in [7, 11) is 0. The van der Waals surface area contributed by atoms with Crippen molar-refractivity contribution < 1.29 is 19.1 Å². The minimum Gasteiger partial charge on any atom is -0.454 e. The summed E-state index contributed by atoms with van der Waals surface area (Å²) in [6.45, 7) is 4.66. The number of hydrogen-bond donors (Lipinski definition) is 1. The first-order valence-corrected chi connectivity index (χ1v) is 15.3. The third-order valence-corrected chi connectivity index (χ3v) is 8.29. The molecular weight excluding hydrogens is 548 g/mol. The van der Waals surface area contributed by atoms with Crippen LogP contribution in [-0.4, -0.2) is 40.2 Å². The Kier molecular flexibility index (Phi) is 9.82. The molecule has 0 unspecified atom stereocenters. The minimum absolute atomic E-state index is 0.0994. The van der Waals surface area contributed by atoms with Crippen LogP contribution in [0.25, 0.3) is 10.6 Å². The SMILES string of the molecule is CCCCCCc1ccc(C(=O)N(CCC(=O)Nc2nnc(-c3ccc4c(c3)OCO4)s2)[C@@H](C)c2ccccc2)cc1. The molecule has 1 aliphatic rings. The van der Waals surface area contributed by atoms with Crippen LogP contribution >= 0.6 is 11.3 Å². The zero-order chi connectivity index (χ0) is 29.3. The van der Waals surface area contributed by atoms with Gasteiger partial charge in [-0.25, -0.2) is 0 Å². The Morgan fingerprint density at radius 1 is 0.952 bits per heavy atom. The number of aromatic nitrogens is 2. The molecule has 218 valence electrons. The van der Waals surface area contributed by atoms with E-state index in [0.29, 0.717) is 27.2 Å². The Bertz CT molecular complexity index is 1490. The monoisotopic (exact) mass is 584 g/mol. The van der Waals surface area contributed by atoms with Crippen molar-refractivity contribution >= 4 is 28.3 Å². The van der Waals surface area contributed by atoms with Crippen molar-refractivity contribution in [2.45, 2.75) is 58.4 Å². The van der Waals surface area contributed by atoms with Crippen LogP contribution in [0.1, 0.15) is 73.5 Å². The van der Waals surface area contributed by atoms with Gasteiger partial charge in [-0.15, -0.1) is 10.2 Å². The van der Waals surface area contributed by atoms with Gasteiger partial charge < -0.3 is 19.7 Å². The standard InChI is InChI=1S/C33H36N4O4S/c1-3-4-5-7-10-24-13-15-26(16-14-24)32(39)37(23(2)25-11-8-6-9-12-25)20-19-30(38)34-33-36-35-31(42-33)27-17-18-28-29(21-27)41-22-40-28/h6,8-9,11-18,21,23H,3-5,7,10,19-20,22H2,1-2H3,(H,34,36,38)/t23-/m0/s1. The van der Waals surface area contributed by atoms with E-state index < -0.39 is 0 Å². The average Bonchev–Trinajstić information content (AvgIpc) is 3.69. The maximum absolute atomic E-state index is 13.7. The molecule has 1 atom stereocenters. The van der Waals surface area contributed by atoms with Crippen molar-refractivity contribution in [1.82, 2.24) is 15.1 Å². The van der Waals surface area contributed by atoms with Crippen LogP contribution in [0.2, 0.25) is 0 Å². The van der Waals surface area contributed by atoms with Crippen molar-refractivity contribution in [3.63, 3.8) is 0 Å². The molecule has 4 aromatic rings. The Balaban J connectivity index is 1.23. The lowest BCUT2D eigenvalue weighted by molar-refractivity contribution is -0.116. The van der Waals surface area contributed by atoms with Gasteiger partial charge in [-0.05, 0) is 61.2 Å². The highest BCUT2D eigenvalue weighted by molar-refractivity contribution is 7.18. The van der Waals surface area contributed by atoms with Gasteiger partial charge >= 0.3 is 0 Å². The first-order valence-electron chi connectivity index (χ1n) is 14.5. The molecule has 0 spiro atoms. The molecule has 2 amide bonds. The zero-order valence-electron chi connectivity index (χ0n) is 24.0. The lowest BCUT2D eigenvalue weighted by Crippen LogP contribution is -2.36. The molecule has 0 aliphatic carbocycles. The summed E-state index contributed by atoms with van der Waals surface area (Å²) < 4.78 is 10.8. The highest BCUT2D eigenvalue weighted by Gasteiger charge is 2.24. The predicted molar refractivity (Wildman–Crippen MR) is 165 cm³/mol. The molecule has 1 aromatic heterocycles. The number of rotatable bonds is 13. The number of carbonyl (C=O) groups excluding carboxylic acids is 2. The molecule has 0 bridgehead atoms. The fourth-order valence-electron chi connectivity index (χ4n) is 4.94. The highest BCUT2D eigenvalue weighted by atomic mass is 32.1. The minimum atomic E-state index is -0.233. The van der Waals surface area contributed by atoms with Gasteiger partial charge in [0.2, 0.25) is 17.8 Å². The molecule has 3 aromatic carbocycles. The number of nitrogens with one attached hydrogen (secondary N) is 1. The largest absolute Gasteiger partial charge is 0.454 e. The van der Waals surface area contributed by atoms with Crippen molar-refractivity contribution in [1.29, 1.82) is 0 Å². The molecule has 0 saturated heterocycles. The molecule has 0 radical (unpaired) electrons.